The lowest BCUT2D eigenvalue weighted by molar-refractivity contribution is 0.102. The fourth-order valence-electron chi connectivity index (χ4n) is 3.41. The fourth-order valence-corrected chi connectivity index (χ4v) is 4.02. The first-order valence-electron chi connectivity index (χ1n) is 12.2. The monoisotopic (exact) mass is 609 g/mol. The topological polar surface area (TPSA) is 162 Å². The molecule has 0 radical (unpaired) electrons. The molecule has 4 rings (SSSR count). The Kier molecular flexibility index (Phi) is 10.7. The quantitative estimate of drug-likeness (QED) is 0.128. The number of benzene rings is 3. The molecule has 0 saturated carbocycles. The predicted octanol–water partition coefficient (Wildman–Crippen LogP) is 5.07. The number of anilines is 2. The van der Waals surface area contributed by atoms with Gasteiger partial charge in [-0.1, -0.05) is 41.9 Å². The maximum atomic E-state index is 12.9. The summed E-state index contributed by atoms with van der Waals surface area (Å²) in [5, 5.41) is 13.9. The van der Waals surface area contributed by atoms with E-state index in [4.69, 9.17) is 26.3 Å². The Labute approximate surface area is 248 Å². The van der Waals surface area contributed by atoms with Gasteiger partial charge in [0.25, 0.3) is 21.9 Å². The van der Waals surface area contributed by atoms with Gasteiger partial charge in [0.1, 0.15) is 17.4 Å². The highest BCUT2D eigenvalue weighted by molar-refractivity contribution is 7.85. The lowest BCUT2D eigenvalue weighted by Gasteiger charge is -2.15. The molecule has 4 aromatic rings. The van der Waals surface area contributed by atoms with E-state index in [-0.39, 0.29) is 10.5 Å². The van der Waals surface area contributed by atoms with Crippen molar-refractivity contribution >= 4 is 50.9 Å². The molecule has 218 valence electrons. The Morgan fingerprint density at radius 1 is 0.905 bits per heavy atom. The molecule has 0 atom stereocenters. The molecular weight excluding hydrogens is 582 g/mol. The largest absolute Gasteiger partial charge is 0.497 e. The normalized spacial score (nSPS) is 10.5. The summed E-state index contributed by atoms with van der Waals surface area (Å²) < 4.78 is 34.5. The van der Waals surface area contributed by atoms with Crippen LogP contribution in [0.1, 0.15) is 26.3 Å². The number of carbonyl (C=O) groups excluding carboxylic acids is 2. The molecule has 0 bridgehead atoms. The number of methoxy groups -OCH3 is 1. The number of hydrogen-bond donors (Lipinski definition) is 4. The molecular formula is C29H28ClN5O6S. The summed E-state index contributed by atoms with van der Waals surface area (Å²) in [5.74, 6) is 0.254. The first kappa shape index (κ1) is 31.7. The summed E-state index contributed by atoms with van der Waals surface area (Å²) in [6, 6.07) is 22.0. The van der Waals surface area contributed by atoms with E-state index in [0.717, 1.165) is 0 Å². The van der Waals surface area contributed by atoms with Crippen LogP contribution in [0.3, 0.4) is 0 Å². The molecule has 11 nitrogen and oxygen atoms in total. The van der Waals surface area contributed by atoms with Gasteiger partial charge in [0.15, 0.2) is 0 Å². The molecule has 0 spiro atoms. The molecule has 0 unspecified atom stereocenters. The molecule has 0 aliphatic heterocycles. The SMILES string of the molecule is COc1ccc(NC(=O)c2ccc(C(=N)N(C)C)cc2)c(C(=O)Nc2ccc(Cl)cn2)c1.O=S(=O)(O)c1ccccc1. The summed E-state index contributed by atoms with van der Waals surface area (Å²) in [6.07, 6.45) is 1.42. The third-order valence-corrected chi connectivity index (χ3v) is 6.69. The van der Waals surface area contributed by atoms with E-state index in [1.54, 1.807) is 85.7 Å². The van der Waals surface area contributed by atoms with E-state index in [0.29, 0.717) is 39.2 Å². The number of pyridine rings is 1. The Balaban J connectivity index is 0.000000408. The number of amidine groups is 1. The van der Waals surface area contributed by atoms with Crippen molar-refractivity contribution in [3.63, 3.8) is 0 Å². The zero-order valence-corrected chi connectivity index (χ0v) is 24.4. The van der Waals surface area contributed by atoms with E-state index in [2.05, 4.69) is 15.6 Å². The zero-order chi connectivity index (χ0) is 30.9. The zero-order valence-electron chi connectivity index (χ0n) is 22.8. The molecule has 1 aromatic heterocycles. The van der Waals surface area contributed by atoms with Gasteiger partial charge in [-0.2, -0.15) is 8.42 Å². The highest BCUT2D eigenvalue weighted by atomic mass is 35.5. The van der Waals surface area contributed by atoms with Crippen LogP contribution in [0.5, 0.6) is 5.75 Å². The fraction of sp³-hybridized carbons (Fsp3) is 0.103. The van der Waals surface area contributed by atoms with Gasteiger partial charge in [0.05, 0.1) is 28.3 Å². The van der Waals surface area contributed by atoms with Crippen molar-refractivity contribution in [1.29, 1.82) is 5.41 Å². The minimum Gasteiger partial charge on any atom is -0.497 e. The molecule has 2 amide bonds. The third kappa shape index (κ3) is 8.86. The number of rotatable bonds is 7. The average molecular weight is 610 g/mol. The number of aromatic nitrogens is 1. The summed E-state index contributed by atoms with van der Waals surface area (Å²) in [7, 11) is 1.04. The molecule has 42 heavy (non-hydrogen) atoms. The lowest BCUT2D eigenvalue weighted by atomic mass is 10.1. The Hall–Kier alpha value is -4.78. The Morgan fingerprint density at radius 2 is 1.55 bits per heavy atom. The van der Waals surface area contributed by atoms with Gasteiger partial charge in [-0.25, -0.2) is 4.98 Å². The number of amides is 2. The second-order valence-electron chi connectivity index (χ2n) is 8.79. The number of nitrogens with zero attached hydrogens (tertiary/aromatic N) is 2. The van der Waals surface area contributed by atoms with Gasteiger partial charge in [-0.3, -0.25) is 19.6 Å². The van der Waals surface area contributed by atoms with Crippen molar-refractivity contribution < 1.29 is 27.3 Å². The van der Waals surface area contributed by atoms with Crippen LogP contribution >= 0.6 is 11.6 Å². The molecule has 4 N–H and O–H groups in total. The predicted molar refractivity (Wildman–Crippen MR) is 161 cm³/mol. The van der Waals surface area contributed by atoms with Crippen LogP contribution in [-0.2, 0) is 10.1 Å². The van der Waals surface area contributed by atoms with E-state index in [9.17, 15) is 18.0 Å². The van der Waals surface area contributed by atoms with E-state index < -0.39 is 21.9 Å². The van der Waals surface area contributed by atoms with Crippen LogP contribution in [0, 0.1) is 5.41 Å². The van der Waals surface area contributed by atoms with Crippen LogP contribution in [0.4, 0.5) is 11.5 Å². The van der Waals surface area contributed by atoms with Crippen LogP contribution in [0.2, 0.25) is 5.02 Å². The minimum atomic E-state index is -4.00. The first-order chi connectivity index (χ1) is 19.9. The standard InChI is InChI=1S/C23H22ClN5O3.C6H6O3S/c1-29(2)21(25)14-4-6-15(7-5-14)22(30)27-19-10-9-17(32-3)12-18(19)23(31)28-20-11-8-16(24)13-26-20;7-10(8,9)6-4-2-1-3-5-6/h4-13,25H,1-3H3,(H,27,30)(H,26,28,31);1-5H,(H,7,8,9). The van der Waals surface area contributed by atoms with Crippen molar-refractivity contribution in [1.82, 2.24) is 9.88 Å². The van der Waals surface area contributed by atoms with E-state index in [1.807, 2.05) is 0 Å². The van der Waals surface area contributed by atoms with Crippen molar-refractivity contribution in [3.05, 3.63) is 113 Å². The summed E-state index contributed by atoms with van der Waals surface area (Å²) in [6.45, 7) is 0. The molecule has 0 aliphatic carbocycles. The maximum absolute atomic E-state index is 12.9. The summed E-state index contributed by atoms with van der Waals surface area (Å²) in [5.41, 5.74) is 1.60. The summed E-state index contributed by atoms with van der Waals surface area (Å²) >= 11 is 5.83. The highest BCUT2D eigenvalue weighted by Crippen LogP contribution is 2.24. The van der Waals surface area contributed by atoms with Crippen LogP contribution in [0.15, 0.2) is 96.0 Å². The van der Waals surface area contributed by atoms with Crippen molar-refractivity contribution in [2.45, 2.75) is 4.90 Å². The second kappa shape index (κ2) is 14.2. The van der Waals surface area contributed by atoms with Crippen molar-refractivity contribution in [2.75, 3.05) is 31.8 Å². The molecule has 0 fully saturated rings. The molecule has 0 aliphatic rings. The van der Waals surface area contributed by atoms with Crippen LogP contribution < -0.4 is 15.4 Å². The van der Waals surface area contributed by atoms with Crippen LogP contribution in [-0.4, -0.2) is 61.7 Å². The van der Waals surface area contributed by atoms with Gasteiger partial charge in [0, 0.05) is 31.4 Å². The third-order valence-electron chi connectivity index (χ3n) is 5.60. The molecule has 3 aromatic carbocycles. The lowest BCUT2D eigenvalue weighted by Crippen LogP contribution is -2.22. The van der Waals surface area contributed by atoms with E-state index >= 15 is 0 Å². The number of nitrogens with one attached hydrogen (secondary N) is 3. The Morgan fingerprint density at radius 3 is 2.07 bits per heavy atom. The molecule has 0 saturated heterocycles. The number of carbonyl (C=O) groups is 2. The number of halogens is 1. The average Bonchev–Trinajstić information content (AvgIpc) is 2.98. The minimum absolute atomic E-state index is 0.0741. The summed E-state index contributed by atoms with van der Waals surface area (Å²) in [4.78, 5) is 31.3. The van der Waals surface area contributed by atoms with E-state index in [1.165, 1.54) is 31.5 Å². The Bertz CT molecular complexity index is 1660. The maximum Gasteiger partial charge on any atom is 0.294 e. The second-order valence-corrected chi connectivity index (χ2v) is 10.6. The number of hydrogen-bond acceptors (Lipinski definition) is 7. The highest BCUT2D eigenvalue weighted by Gasteiger charge is 2.17. The smallest absolute Gasteiger partial charge is 0.294 e. The van der Waals surface area contributed by atoms with Crippen molar-refractivity contribution in [2.24, 2.45) is 0 Å². The first-order valence-corrected chi connectivity index (χ1v) is 14.0. The molecule has 1 heterocycles. The van der Waals surface area contributed by atoms with Gasteiger partial charge in [-0.15, -0.1) is 0 Å². The van der Waals surface area contributed by atoms with Gasteiger partial charge in [0.2, 0.25) is 0 Å². The van der Waals surface area contributed by atoms with Gasteiger partial charge in [-0.05, 0) is 54.6 Å². The van der Waals surface area contributed by atoms with Crippen molar-refractivity contribution in [3.8, 4) is 5.75 Å². The number of ether oxygens (including phenoxy) is 1. The molecule has 13 heteroatoms. The van der Waals surface area contributed by atoms with Gasteiger partial charge >= 0.3 is 0 Å². The van der Waals surface area contributed by atoms with Crippen LogP contribution in [0.25, 0.3) is 0 Å². The van der Waals surface area contributed by atoms with Gasteiger partial charge < -0.3 is 20.3 Å².